The van der Waals surface area contributed by atoms with E-state index < -0.39 is 0 Å². The molecule has 2 nitrogen and oxygen atoms in total. The van der Waals surface area contributed by atoms with Gasteiger partial charge in [-0.1, -0.05) is 0 Å². The van der Waals surface area contributed by atoms with Gasteiger partial charge in [-0.3, -0.25) is 0 Å². The van der Waals surface area contributed by atoms with Crippen LogP contribution in [0.3, 0.4) is 0 Å². The number of fused-ring (bicyclic) bond motifs is 1. The Bertz CT molecular complexity index is 322. The van der Waals surface area contributed by atoms with Crippen LogP contribution in [0.2, 0.25) is 0 Å². The van der Waals surface area contributed by atoms with E-state index in [0.717, 1.165) is 0 Å². The van der Waals surface area contributed by atoms with Crippen molar-refractivity contribution in [1.82, 2.24) is 5.06 Å². The fourth-order valence-corrected chi connectivity index (χ4v) is 4.00. The molecular formula is C9H12BrNOS. The number of hydrogen-bond donors (Lipinski definition) is 1. The van der Waals surface area contributed by atoms with Crippen LogP contribution in [-0.4, -0.2) is 17.3 Å². The molecule has 1 aliphatic carbocycles. The third kappa shape index (κ3) is 1.81. The maximum Gasteiger partial charge on any atom is 0.0591 e. The average Bonchev–Trinajstić information content (AvgIpc) is 2.56. The summed E-state index contributed by atoms with van der Waals surface area (Å²) in [5.41, 5.74) is 1.47. The third-order valence-electron chi connectivity index (χ3n) is 2.30. The van der Waals surface area contributed by atoms with Gasteiger partial charge in [0.1, 0.15) is 0 Å². The maximum atomic E-state index is 9.14. The normalized spacial score (nSPS) is 15.4. The van der Waals surface area contributed by atoms with Crippen LogP contribution in [0.15, 0.2) is 4.47 Å². The Morgan fingerprint density at radius 2 is 2.31 bits per heavy atom. The van der Waals surface area contributed by atoms with Gasteiger partial charge in [0.25, 0.3) is 0 Å². The maximum absolute atomic E-state index is 9.14. The summed E-state index contributed by atoms with van der Waals surface area (Å²) in [6.07, 6.45) is 3.70. The number of thiophene rings is 1. The van der Waals surface area contributed by atoms with Crippen LogP contribution < -0.4 is 0 Å². The zero-order valence-corrected chi connectivity index (χ0v) is 9.91. The highest BCUT2D eigenvalue weighted by Gasteiger charge is 2.20. The fraction of sp³-hybridized carbons (Fsp3) is 0.556. The number of nitrogens with zero attached hydrogens (tertiary/aromatic N) is 1. The Morgan fingerprint density at radius 3 is 2.92 bits per heavy atom. The molecule has 0 spiro atoms. The van der Waals surface area contributed by atoms with Crippen molar-refractivity contribution in [2.24, 2.45) is 0 Å². The minimum Gasteiger partial charge on any atom is -0.314 e. The lowest BCUT2D eigenvalue weighted by Gasteiger charge is -2.06. The smallest absolute Gasteiger partial charge is 0.0591 e. The molecule has 2 rings (SSSR count). The Hall–Kier alpha value is 0.100. The minimum absolute atomic E-state index is 0.623. The van der Waals surface area contributed by atoms with E-state index in [9.17, 15) is 0 Å². The van der Waals surface area contributed by atoms with Gasteiger partial charge in [-0.2, -0.15) is 5.06 Å². The highest BCUT2D eigenvalue weighted by atomic mass is 79.9. The van der Waals surface area contributed by atoms with Crippen LogP contribution in [0.5, 0.6) is 0 Å². The molecule has 1 aromatic rings. The van der Waals surface area contributed by atoms with Gasteiger partial charge in [0.05, 0.1) is 6.54 Å². The lowest BCUT2D eigenvalue weighted by molar-refractivity contribution is -0.0725. The largest absolute Gasteiger partial charge is 0.314 e. The van der Waals surface area contributed by atoms with Gasteiger partial charge in [-0.15, -0.1) is 11.3 Å². The van der Waals surface area contributed by atoms with Gasteiger partial charge < -0.3 is 5.21 Å². The SMILES string of the molecule is CN(O)Cc1sc2c(c1Br)CCC2. The number of hydrogen-bond acceptors (Lipinski definition) is 3. The number of aryl methyl sites for hydroxylation is 1. The summed E-state index contributed by atoms with van der Waals surface area (Å²) in [6, 6.07) is 0. The van der Waals surface area contributed by atoms with Gasteiger partial charge in [0, 0.05) is 21.3 Å². The summed E-state index contributed by atoms with van der Waals surface area (Å²) >= 11 is 5.43. The molecule has 1 N–H and O–H groups in total. The molecule has 0 aromatic carbocycles. The molecule has 0 saturated heterocycles. The van der Waals surface area contributed by atoms with E-state index in [4.69, 9.17) is 5.21 Å². The first-order valence-corrected chi connectivity index (χ1v) is 5.98. The van der Waals surface area contributed by atoms with E-state index in [1.165, 1.54) is 44.1 Å². The molecule has 0 saturated carbocycles. The summed E-state index contributed by atoms with van der Waals surface area (Å²) in [4.78, 5) is 2.75. The van der Waals surface area contributed by atoms with Crippen LogP contribution >= 0.6 is 27.3 Å². The quantitative estimate of drug-likeness (QED) is 0.828. The van der Waals surface area contributed by atoms with Crippen molar-refractivity contribution in [3.63, 3.8) is 0 Å². The van der Waals surface area contributed by atoms with Crippen molar-refractivity contribution in [2.75, 3.05) is 7.05 Å². The lowest BCUT2D eigenvalue weighted by atomic mass is 10.2. The Kier molecular flexibility index (Phi) is 2.74. The van der Waals surface area contributed by atoms with Crippen molar-refractivity contribution in [1.29, 1.82) is 0 Å². The Morgan fingerprint density at radius 1 is 1.54 bits per heavy atom. The molecule has 0 aliphatic heterocycles. The summed E-state index contributed by atoms with van der Waals surface area (Å²) < 4.78 is 1.23. The fourth-order valence-electron chi connectivity index (χ4n) is 1.73. The van der Waals surface area contributed by atoms with E-state index in [0.29, 0.717) is 6.54 Å². The second-order valence-corrected chi connectivity index (χ2v) is 5.39. The third-order valence-corrected chi connectivity index (χ3v) is 4.79. The van der Waals surface area contributed by atoms with E-state index >= 15 is 0 Å². The highest BCUT2D eigenvalue weighted by molar-refractivity contribution is 9.10. The number of hydroxylamine groups is 2. The average molecular weight is 262 g/mol. The summed E-state index contributed by atoms with van der Waals surface area (Å²) in [5, 5.41) is 10.4. The number of rotatable bonds is 2. The molecule has 1 heterocycles. The predicted octanol–water partition coefficient (Wildman–Crippen LogP) is 2.82. The van der Waals surface area contributed by atoms with Crippen molar-refractivity contribution >= 4 is 27.3 Å². The molecule has 0 fully saturated rings. The molecule has 0 amide bonds. The van der Waals surface area contributed by atoms with Gasteiger partial charge in [-0.05, 0) is 40.8 Å². The molecule has 0 atom stereocenters. The second kappa shape index (κ2) is 3.69. The monoisotopic (exact) mass is 261 g/mol. The van der Waals surface area contributed by atoms with Crippen LogP contribution in [-0.2, 0) is 19.4 Å². The first-order chi connectivity index (χ1) is 6.18. The summed E-state index contributed by atoms with van der Waals surface area (Å²) in [6.45, 7) is 0.623. The van der Waals surface area contributed by atoms with E-state index in [1.807, 2.05) is 11.3 Å². The van der Waals surface area contributed by atoms with Crippen LogP contribution in [0.25, 0.3) is 0 Å². The first kappa shape index (κ1) is 9.65. The van der Waals surface area contributed by atoms with E-state index in [1.54, 1.807) is 7.05 Å². The van der Waals surface area contributed by atoms with Gasteiger partial charge in [0.15, 0.2) is 0 Å². The molecule has 1 aromatic heterocycles. The van der Waals surface area contributed by atoms with Crippen LogP contribution in [0.4, 0.5) is 0 Å². The van der Waals surface area contributed by atoms with E-state index in [2.05, 4.69) is 15.9 Å². The molecule has 13 heavy (non-hydrogen) atoms. The molecule has 0 bridgehead atoms. The molecule has 0 radical (unpaired) electrons. The van der Waals surface area contributed by atoms with Gasteiger partial charge in [0.2, 0.25) is 0 Å². The number of halogens is 1. The summed E-state index contributed by atoms with van der Waals surface area (Å²) in [5.74, 6) is 0. The Balaban J connectivity index is 2.28. The predicted molar refractivity (Wildman–Crippen MR) is 57.3 cm³/mol. The molecule has 4 heteroatoms. The van der Waals surface area contributed by atoms with Gasteiger partial charge >= 0.3 is 0 Å². The summed E-state index contributed by atoms with van der Waals surface area (Å²) in [7, 11) is 1.68. The minimum atomic E-state index is 0.623. The van der Waals surface area contributed by atoms with Crippen molar-refractivity contribution in [3.05, 3.63) is 19.8 Å². The molecule has 1 aliphatic rings. The molecule has 72 valence electrons. The molecular weight excluding hydrogens is 250 g/mol. The van der Waals surface area contributed by atoms with Crippen molar-refractivity contribution < 1.29 is 5.21 Å². The van der Waals surface area contributed by atoms with Crippen molar-refractivity contribution in [2.45, 2.75) is 25.8 Å². The van der Waals surface area contributed by atoms with Crippen molar-refractivity contribution in [3.8, 4) is 0 Å². The van der Waals surface area contributed by atoms with Gasteiger partial charge in [-0.25, -0.2) is 0 Å². The zero-order valence-electron chi connectivity index (χ0n) is 7.51. The standard InChI is InChI=1S/C9H12BrNOS/c1-11(12)5-8-9(10)6-3-2-4-7(6)13-8/h12H,2-5H2,1H3. The lowest BCUT2D eigenvalue weighted by Crippen LogP contribution is -2.10. The van der Waals surface area contributed by atoms with Crippen LogP contribution in [0, 0.1) is 0 Å². The molecule has 0 unspecified atom stereocenters. The zero-order chi connectivity index (χ0) is 9.42. The second-order valence-electron chi connectivity index (χ2n) is 3.41. The Labute approximate surface area is 90.3 Å². The highest BCUT2D eigenvalue weighted by Crippen LogP contribution is 2.39. The van der Waals surface area contributed by atoms with E-state index in [-0.39, 0.29) is 0 Å². The first-order valence-electron chi connectivity index (χ1n) is 4.37. The topological polar surface area (TPSA) is 23.5 Å². The van der Waals surface area contributed by atoms with Crippen LogP contribution in [0.1, 0.15) is 21.7 Å².